The van der Waals surface area contributed by atoms with E-state index < -0.39 is 0 Å². The first-order valence-electron chi connectivity index (χ1n) is 8.62. The lowest BCUT2D eigenvalue weighted by molar-refractivity contribution is 0.104. The van der Waals surface area contributed by atoms with E-state index in [1.54, 1.807) is 0 Å². The van der Waals surface area contributed by atoms with E-state index in [0.29, 0.717) is 30.6 Å². The van der Waals surface area contributed by atoms with Gasteiger partial charge in [0.2, 0.25) is 5.78 Å². The number of ketones is 1. The summed E-state index contributed by atoms with van der Waals surface area (Å²) in [5.74, 6) is 1.88. The summed E-state index contributed by atoms with van der Waals surface area (Å²) in [7, 11) is 0. The second-order valence-corrected chi connectivity index (χ2v) is 8.34. The number of hydrogen-bond acceptors (Lipinski definition) is 4. The lowest BCUT2D eigenvalue weighted by atomic mass is 10.1. The van der Waals surface area contributed by atoms with Gasteiger partial charge in [0.1, 0.15) is 0 Å². The highest BCUT2D eigenvalue weighted by Crippen LogP contribution is 2.42. The van der Waals surface area contributed by atoms with Crippen LogP contribution in [0.3, 0.4) is 0 Å². The molecule has 0 saturated carbocycles. The Balaban J connectivity index is 1.93. The zero-order valence-electron chi connectivity index (χ0n) is 15.0. The first kappa shape index (κ1) is 19.1. The van der Waals surface area contributed by atoms with Crippen molar-refractivity contribution in [2.24, 2.45) is 5.92 Å². The molecule has 0 aliphatic carbocycles. The van der Waals surface area contributed by atoms with Crippen molar-refractivity contribution >= 4 is 39.6 Å². The van der Waals surface area contributed by atoms with E-state index >= 15 is 0 Å². The number of allylic oxidation sites excluding steroid dienone is 1. The minimum absolute atomic E-state index is 0.0693. The Morgan fingerprint density at radius 1 is 1.19 bits per heavy atom. The molecule has 0 amide bonds. The molecule has 0 radical (unpaired) electrons. The number of Topliss-reactive ketones (excluding diaryl/α,β-unsaturated/α-hetero) is 1. The van der Waals surface area contributed by atoms with E-state index in [1.165, 1.54) is 11.8 Å². The van der Waals surface area contributed by atoms with Crippen LogP contribution in [-0.4, -0.2) is 19.0 Å². The molecule has 0 bridgehead atoms. The first-order valence-corrected chi connectivity index (χ1v) is 10.2. The third-order valence-corrected chi connectivity index (χ3v) is 5.45. The fraction of sp³-hybridized carbons (Fsp3) is 0.286. The van der Waals surface area contributed by atoms with Gasteiger partial charge in [0.25, 0.3) is 0 Å². The summed E-state index contributed by atoms with van der Waals surface area (Å²) in [5.41, 5.74) is 1.67. The molecule has 1 aliphatic heterocycles. The summed E-state index contributed by atoms with van der Waals surface area (Å²) in [4.78, 5) is 14.3. The highest BCUT2D eigenvalue weighted by molar-refractivity contribution is 9.10. The molecular formula is C21H21BrO3S. The predicted octanol–water partition coefficient (Wildman–Crippen LogP) is 6.21. The highest BCUT2D eigenvalue weighted by atomic mass is 79.9. The quantitative estimate of drug-likeness (QED) is 0.508. The van der Waals surface area contributed by atoms with Crippen LogP contribution in [0.25, 0.3) is 6.08 Å². The number of thioether (sulfide) groups is 1. The molecule has 0 fully saturated rings. The van der Waals surface area contributed by atoms with E-state index in [0.717, 1.165) is 25.4 Å². The molecule has 1 aliphatic rings. The molecule has 3 rings (SSSR count). The summed E-state index contributed by atoms with van der Waals surface area (Å²) in [6.45, 7) is 7.31. The molecule has 0 spiro atoms. The third kappa shape index (κ3) is 4.15. The molecule has 0 unspecified atom stereocenters. The van der Waals surface area contributed by atoms with Crippen LogP contribution >= 0.6 is 27.7 Å². The number of ether oxygens (including phenoxy) is 2. The summed E-state index contributed by atoms with van der Waals surface area (Å²) < 4.78 is 12.5. The van der Waals surface area contributed by atoms with Gasteiger partial charge in [0.05, 0.1) is 22.6 Å². The average Bonchev–Trinajstić information content (AvgIpc) is 2.90. The molecule has 136 valence electrons. The van der Waals surface area contributed by atoms with Crippen molar-refractivity contribution in [1.29, 1.82) is 0 Å². The number of rotatable bonds is 6. The van der Waals surface area contributed by atoms with Gasteiger partial charge in [-0.25, -0.2) is 0 Å². The minimum Gasteiger partial charge on any atom is -0.490 e. The maximum absolute atomic E-state index is 12.6. The molecule has 5 heteroatoms. The van der Waals surface area contributed by atoms with Gasteiger partial charge < -0.3 is 9.47 Å². The Hall–Kier alpha value is -1.72. The van der Waals surface area contributed by atoms with E-state index in [4.69, 9.17) is 9.47 Å². The van der Waals surface area contributed by atoms with Gasteiger partial charge in [-0.1, -0.05) is 37.7 Å². The molecule has 3 nitrogen and oxygen atoms in total. The number of carbonyl (C=O) groups excluding carboxylic acids is 1. The molecule has 2 aromatic carbocycles. The number of benzene rings is 2. The zero-order valence-corrected chi connectivity index (χ0v) is 17.4. The molecule has 1 heterocycles. The number of carbonyl (C=O) groups is 1. The van der Waals surface area contributed by atoms with E-state index in [9.17, 15) is 4.79 Å². The van der Waals surface area contributed by atoms with Crippen molar-refractivity contribution in [1.82, 2.24) is 0 Å². The van der Waals surface area contributed by atoms with Crippen LogP contribution in [0.4, 0.5) is 0 Å². The number of fused-ring (bicyclic) bond motifs is 1. The van der Waals surface area contributed by atoms with Gasteiger partial charge in [0.15, 0.2) is 11.5 Å². The number of hydrogen-bond donors (Lipinski definition) is 0. The van der Waals surface area contributed by atoms with E-state index in [1.807, 2.05) is 49.4 Å². The Bertz CT molecular complexity index is 858. The van der Waals surface area contributed by atoms with Gasteiger partial charge in [-0.15, -0.1) is 0 Å². The average molecular weight is 433 g/mol. The van der Waals surface area contributed by atoms with Gasteiger partial charge in [-0.2, -0.15) is 0 Å². The van der Waals surface area contributed by atoms with Crippen molar-refractivity contribution in [2.45, 2.75) is 25.7 Å². The van der Waals surface area contributed by atoms with Crippen LogP contribution < -0.4 is 9.47 Å². The van der Waals surface area contributed by atoms with Gasteiger partial charge in [0, 0.05) is 10.5 Å². The lowest BCUT2D eigenvalue weighted by Crippen LogP contribution is -2.07. The summed E-state index contributed by atoms with van der Waals surface area (Å²) in [6.07, 6.45) is 1.91. The van der Waals surface area contributed by atoms with Gasteiger partial charge >= 0.3 is 0 Å². The third-order valence-electron chi connectivity index (χ3n) is 3.77. The largest absolute Gasteiger partial charge is 0.490 e. The molecular weight excluding hydrogens is 412 g/mol. The molecule has 26 heavy (non-hydrogen) atoms. The lowest BCUT2D eigenvalue weighted by Gasteiger charge is -2.16. The Morgan fingerprint density at radius 3 is 2.65 bits per heavy atom. The van der Waals surface area contributed by atoms with Crippen molar-refractivity contribution in [3.63, 3.8) is 0 Å². The van der Waals surface area contributed by atoms with Crippen LogP contribution in [0.15, 0.2) is 50.7 Å². The SMILES string of the molecule is CCOc1cc(/C=C2/Sc3ccccc3C2=O)cc(Br)c1OCC(C)C. The summed E-state index contributed by atoms with van der Waals surface area (Å²) >= 11 is 5.09. The maximum atomic E-state index is 12.6. The van der Waals surface area contributed by atoms with Crippen LogP contribution in [0.1, 0.15) is 36.7 Å². The van der Waals surface area contributed by atoms with E-state index in [2.05, 4.69) is 29.8 Å². The molecule has 0 aromatic heterocycles. The van der Waals surface area contributed by atoms with Crippen LogP contribution in [0, 0.1) is 5.92 Å². The normalized spacial score (nSPS) is 14.8. The van der Waals surface area contributed by atoms with Crippen molar-refractivity contribution < 1.29 is 14.3 Å². The van der Waals surface area contributed by atoms with Crippen LogP contribution in [0.5, 0.6) is 11.5 Å². The Morgan fingerprint density at radius 2 is 1.96 bits per heavy atom. The van der Waals surface area contributed by atoms with E-state index in [-0.39, 0.29) is 5.78 Å². The topological polar surface area (TPSA) is 35.5 Å². The smallest absolute Gasteiger partial charge is 0.200 e. The fourth-order valence-corrected chi connectivity index (χ4v) is 4.24. The Kier molecular flexibility index (Phi) is 6.09. The van der Waals surface area contributed by atoms with Gasteiger partial charge in [-0.3, -0.25) is 4.79 Å². The predicted molar refractivity (Wildman–Crippen MR) is 110 cm³/mol. The van der Waals surface area contributed by atoms with Gasteiger partial charge in [-0.05, 0) is 64.7 Å². The summed E-state index contributed by atoms with van der Waals surface area (Å²) in [5, 5.41) is 0. The second-order valence-electron chi connectivity index (χ2n) is 6.40. The minimum atomic E-state index is 0.0693. The zero-order chi connectivity index (χ0) is 18.7. The first-order chi connectivity index (χ1) is 12.5. The highest BCUT2D eigenvalue weighted by Gasteiger charge is 2.25. The van der Waals surface area contributed by atoms with Crippen molar-refractivity contribution in [2.75, 3.05) is 13.2 Å². The maximum Gasteiger partial charge on any atom is 0.200 e. The summed E-state index contributed by atoms with van der Waals surface area (Å²) in [6, 6.07) is 11.6. The molecule has 0 atom stereocenters. The van der Waals surface area contributed by atoms with Crippen LogP contribution in [0.2, 0.25) is 0 Å². The fourth-order valence-electron chi connectivity index (χ4n) is 2.61. The monoisotopic (exact) mass is 432 g/mol. The standard InChI is InChI=1S/C21H21BrO3S/c1-4-24-17-10-14(9-16(22)21(17)25-12-13(2)3)11-19-20(23)15-7-5-6-8-18(15)26-19/h5-11,13H,4,12H2,1-3H3/b19-11+. The molecule has 0 saturated heterocycles. The van der Waals surface area contributed by atoms with Crippen molar-refractivity contribution in [3.05, 3.63) is 56.9 Å². The number of halogens is 1. The van der Waals surface area contributed by atoms with Crippen molar-refractivity contribution in [3.8, 4) is 11.5 Å². The Labute approximate surface area is 166 Å². The second kappa shape index (κ2) is 8.31. The molecule has 0 N–H and O–H groups in total. The van der Waals surface area contributed by atoms with Crippen LogP contribution in [-0.2, 0) is 0 Å². The molecule has 2 aromatic rings.